The molecule has 11 heteroatoms. The van der Waals surface area contributed by atoms with Crippen LogP contribution in [0.4, 0.5) is 11.6 Å². The zero-order valence-corrected chi connectivity index (χ0v) is 16.2. The van der Waals surface area contributed by atoms with Gasteiger partial charge in [-0.3, -0.25) is 10.1 Å². The predicted octanol–water partition coefficient (Wildman–Crippen LogP) is 3.64. The van der Waals surface area contributed by atoms with E-state index in [-0.39, 0.29) is 27.4 Å². The van der Waals surface area contributed by atoms with Crippen LogP contribution in [0.25, 0.3) is 16.5 Å². The van der Waals surface area contributed by atoms with Gasteiger partial charge in [0.1, 0.15) is 5.75 Å². The number of hydrogen-bond acceptors (Lipinski definition) is 8. The van der Waals surface area contributed by atoms with E-state index in [9.17, 15) is 15.2 Å². The topological polar surface area (TPSA) is 131 Å². The Hall–Kier alpha value is -3.86. The van der Waals surface area contributed by atoms with Crippen LogP contribution in [0.1, 0.15) is 5.56 Å². The van der Waals surface area contributed by atoms with Gasteiger partial charge in [0.25, 0.3) is 11.6 Å². The average molecular weight is 454 g/mol. The summed E-state index contributed by atoms with van der Waals surface area (Å²) in [4.78, 5) is 10.4. The normalized spacial score (nSPS) is 11.2. The molecule has 0 atom stereocenters. The summed E-state index contributed by atoms with van der Waals surface area (Å²) in [5.74, 6) is 0.0661. The summed E-state index contributed by atoms with van der Waals surface area (Å²) >= 11 is 3.09. The van der Waals surface area contributed by atoms with Crippen molar-refractivity contribution in [2.75, 3.05) is 5.43 Å². The molecular weight excluding hydrogens is 442 g/mol. The van der Waals surface area contributed by atoms with Crippen LogP contribution in [0.3, 0.4) is 0 Å². The number of rotatable bonds is 5. The Morgan fingerprint density at radius 2 is 2.00 bits per heavy atom. The number of nitro benzene ring substituents is 1. The van der Waals surface area contributed by atoms with E-state index in [0.29, 0.717) is 0 Å². The van der Waals surface area contributed by atoms with Gasteiger partial charge >= 0.3 is 0 Å². The van der Waals surface area contributed by atoms with Crippen LogP contribution < -0.4 is 5.43 Å². The highest BCUT2D eigenvalue weighted by Gasteiger charge is 2.14. The lowest BCUT2D eigenvalue weighted by molar-refractivity contribution is -0.385. The third kappa shape index (κ3) is 3.62. The summed E-state index contributed by atoms with van der Waals surface area (Å²) in [5.41, 5.74) is 3.43. The highest BCUT2D eigenvalue weighted by molar-refractivity contribution is 9.10. The number of hydrogen-bond donors (Lipinski definition) is 2. The molecule has 0 aliphatic heterocycles. The molecule has 0 radical (unpaired) electrons. The van der Waals surface area contributed by atoms with Crippen LogP contribution in [0, 0.1) is 10.1 Å². The van der Waals surface area contributed by atoms with E-state index in [0.717, 1.165) is 16.5 Å². The first-order valence-corrected chi connectivity index (χ1v) is 9.06. The van der Waals surface area contributed by atoms with Gasteiger partial charge in [-0.2, -0.15) is 9.78 Å². The number of phenols is 1. The molecule has 0 fully saturated rings. The van der Waals surface area contributed by atoms with E-state index >= 15 is 0 Å². The van der Waals surface area contributed by atoms with Crippen molar-refractivity contribution in [3.63, 3.8) is 0 Å². The van der Waals surface area contributed by atoms with Crippen LogP contribution in [-0.2, 0) is 0 Å². The average Bonchev–Trinajstić information content (AvgIpc) is 3.18. The molecule has 0 aliphatic carbocycles. The molecule has 1 aromatic heterocycles. The fourth-order valence-electron chi connectivity index (χ4n) is 2.78. The first kappa shape index (κ1) is 18.5. The van der Waals surface area contributed by atoms with Crippen molar-refractivity contribution in [1.82, 2.24) is 20.2 Å². The maximum Gasteiger partial charge on any atom is 0.271 e. The molecule has 0 spiro atoms. The van der Waals surface area contributed by atoms with Crippen LogP contribution >= 0.6 is 15.9 Å². The van der Waals surface area contributed by atoms with Gasteiger partial charge in [-0.25, -0.2) is 5.43 Å². The predicted molar refractivity (Wildman–Crippen MR) is 110 cm³/mol. The number of aromatic hydroxyl groups is 1. The van der Waals surface area contributed by atoms with Gasteiger partial charge in [0.05, 0.1) is 21.3 Å². The third-order valence-electron chi connectivity index (χ3n) is 4.12. The van der Waals surface area contributed by atoms with Gasteiger partial charge in [0, 0.05) is 23.1 Å². The molecule has 3 aromatic carbocycles. The van der Waals surface area contributed by atoms with E-state index < -0.39 is 4.92 Å². The first-order chi connectivity index (χ1) is 14.0. The number of aromatic nitrogens is 4. The van der Waals surface area contributed by atoms with Gasteiger partial charge in [-0.1, -0.05) is 41.5 Å². The molecule has 4 rings (SSSR count). The third-order valence-corrected chi connectivity index (χ3v) is 4.73. The summed E-state index contributed by atoms with van der Waals surface area (Å²) < 4.78 is 1.68. The number of phenolic OH excluding ortho intramolecular Hbond substituents is 1. The molecule has 0 saturated heterocycles. The second-order valence-corrected chi connectivity index (χ2v) is 6.76. The number of nitro groups is 1. The summed E-state index contributed by atoms with van der Waals surface area (Å²) in [6, 6.07) is 16.0. The molecule has 144 valence electrons. The molecule has 0 amide bonds. The molecular formula is C18H12BrN7O3. The van der Waals surface area contributed by atoms with E-state index in [1.807, 2.05) is 42.5 Å². The van der Waals surface area contributed by atoms with Crippen molar-refractivity contribution < 1.29 is 10.0 Å². The van der Waals surface area contributed by atoms with Gasteiger partial charge < -0.3 is 5.11 Å². The van der Waals surface area contributed by atoms with Crippen molar-refractivity contribution in [2.24, 2.45) is 5.10 Å². The number of tetrazole rings is 1. The van der Waals surface area contributed by atoms with Gasteiger partial charge in [-0.05, 0) is 37.8 Å². The van der Waals surface area contributed by atoms with Gasteiger partial charge in [-0.15, -0.1) is 0 Å². The molecule has 0 aliphatic rings. The quantitative estimate of drug-likeness (QED) is 0.267. The second kappa shape index (κ2) is 7.64. The zero-order chi connectivity index (χ0) is 20.4. The lowest BCUT2D eigenvalue weighted by Gasteiger charge is -2.07. The molecule has 29 heavy (non-hydrogen) atoms. The number of hydrazone groups is 1. The lowest BCUT2D eigenvalue weighted by atomic mass is 10.1. The second-order valence-electron chi connectivity index (χ2n) is 5.91. The Balaban J connectivity index is 1.65. The lowest BCUT2D eigenvalue weighted by Crippen LogP contribution is -2.04. The van der Waals surface area contributed by atoms with Gasteiger partial charge in [0.2, 0.25) is 0 Å². The molecule has 2 N–H and O–H groups in total. The minimum atomic E-state index is -0.559. The standard InChI is InChI=1S/C18H12BrN7O3/c19-15-9-13(26(28)29)8-12(17(15)27)10-20-21-18-22-23-24-25(18)16-7-3-5-11-4-1-2-6-14(11)16/h1-10,27H,(H,21,22,24)/b20-10+. The Labute approximate surface area is 171 Å². The maximum absolute atomic E-state index is 11.0. The number of nitrogens with zero attached hydrogens (tertiary/aromatic N) is 6. The van der Waals surface area contributed by atoms with E-state index in [4.69, 9.17) is 0 Å². The fourth-order valence-corrected chi connectivity index (χ4v) is 3.24. The molecule has 0 saturated carbocycles. The Morgan fingerprint density at radius 1 is 1.21 bits per heavy atom. The largest absolute Gasteiger partial charge is 0.506 e. The van der Waals surface area contributed by atoms with Crippen molar-refractivity contribution >= 4 is 44.6 Å². The van der Waals surface area contributed by atoms with Gasteiger partial charge in [0.15, 0.2) is 0 Å². The Bertz CT molecular complexity index is 1250. The molecule has 1 heterocycles. The van der Waals surface area contributed by atoms with E-state index in [2.05, 4.69) is 42.0 Å². The number of anilines is 1. The summed E-state index contributed by atoms with van der Waals surface area (Å²) in [6.45, 7) is 0. The first-order valence-electron chi connectivity index (χ1n) is 8.27. The number of benzene rings is 3. The molecule has 10 nitrogen and oxygen atoms in total. The number of nitrogens with one attached hydrogen (secondary N) is 1. The van der Waals surface area contributed by atoms with E-state index in [1.165, 1.54) is 23.0 Å². The highest BCUT2D eigenvalue weighted by atomic mass is 79.9. The van der Waals surface area contributed by atoms with Crippen LogP contribution in [0.2, 0.25) is 0 Å². The number of non-ortho nitro benzene ring substituents is 1. The summed E-state index contributed by atoms with van der Waals surface area (Å²) in [5, 5.41) is 38.7. The number of halogens is 1. The van der Waals surface area contributed by atoms with Crippen LogP contribution in [0.15, 0.2) is 64.2 Å². The van der Waals surface area contributed by atoms with Crippen molar-refractivity contribution in [3.05, 3.63) is 74.7 Å². The maximum atomic E-state index is 11.0. The van der Waals surface area contributed by atoms with Crippen LogP contribution in [-0.4, -0.2) is 36.5 Å². The minimum Gasteiger partial charge on any atom is -0.506 e. The smallest absolute Gasteiger partial charge is 0.271 e. The fraction of sp³-hybridized carbons (Fsp3) is 0. The van der Waals surface area contributed by atoms with E-state index in [1.54, 1.807) is 0 Å². The summed E-state index contributed by atoms with van der Waals surface area (Å²) in [7, 11) is 0. The molecule has 0 unspecified atom stereocenters. The van der Waals surface area contributed by atoms with Crippen molar-refractivity contribution in [2.45, 2.75) is 0 Å². The van der Waals surface area contributed by atoms with Crippen molar-refractivity contribution in [3.8, 4) is 11.4 Å². The monoisotopic (exact) mass is 453 g/mol. The Morgan fingerprint density at radius 3 is 2.83 bits per heavy atom. The Kier molecular flexibility index (Phi) is 4.87. The SMILES string of the molecule is O=[N+]([O-])c1cc(Br)c(O)c(/C=N/Nc2nnnn2-c2cccc3ccccc23)c1. The zero-order valence-electron chi connectivity index (χ0n) is 14.6. The minimum absolute atomic E-state index is 0.155. The van der Waals surface area contributed by atoms with Crippen LogP contribution in [0.5, 0.6) is 5.75 Å². The summed E-state index contributed by atoms with van der Waals surface area (Å²) in [6.07, 6.45) is 1.25. The number of fused-ring (bicyclic) bond motifs is 1. The van der Waals surface area contributed by atoms with Crippen molar-refractivity contribution in [1.29, 1.82) is 0 Å². The molecule has 0 bridgehead atoms. The highest BCUT2D eigenvalue weighted by Crippen LogP contribution is 2.31. The molecule has 4 aromatic rings.